The van der Waals surface area contributed by atoms with Crippen molar-refractivity contribution in [3.8, 4) is 5.75 Å². The van der Waals surface area contributed by atoms with Gasteiger partial charge in [0.15, 0.2) is 0 Å². The average Bonchev–Trinajstić information content (AvgIpc) is 3.12. The zero-order valence-electron chi connectivity index (χ0n) is 13.7. The number of nitrogens with zero attached hydrogens (tertiary/aromatic N) is 2. The molecule has 2 aromatic carbocycles. The average molecular weight is 324 g/mol. The van der Waals surface area contributed by atoms with Crippen LogP contribution >= 0.6 is 0 Å². The maximum absolute atomic E-state index is 12.9. The molecular weight excluding hydrogens is 304 g/mol. The van der Waals surface area contributed by atoms with Gasteiger partial charge in [-0.3, -0.25) is 14.5 Å². The summed E-state index contributed by atoms with van der Waals surface area (Å²) in [7, 11) is 1.58. The van der Waals surface area contributed by atoms with Crippen molar-refractivity contribution in [2.75, 3.05) is 33.3 Å². The van der Waals surface area contributed by atoms with Crippen molar-refractivity contribution in [2.45, 2.75) is 12.8 Å². The Morgan fingerprint density at radius 2 is 1.75 bits per heavy atom. The van der Waals surface area contributed by atoms with E-state index in [9.17, 15) is 9.59 Å². The third-order valence-electron chi connectivity index (χ3n) is 4.98. The molecule has 2 aromatic rings. The number of hydrogen-bond acceptors (Lipinski definition) is 4. The van der Waals surface area contributed by atoms with Gasteiger partial charge in [0.2, 0.25) is 0 Å². The number of likely N-dealkylation sites (tertiary alicyclic amines) is 1. The molecule has 0 atom stereocenters. The molecule has 1 fully saturated rings. The zero-order chi connectivity index (χ0) is 16.7. The van der Waals surface area contributed by atoms with Crippen LogP contribution in [0.15, 0.2) is 30.3 Å². The van der Waals surface area contributed by atoms with Crippen LogP contribution in [0.5, 0.6) is 5.75 Å². The SMILES string of the molecule is COc1cc2c3c(cccc3c1)C(=O)N(CCN1CCCC1)C2=O. The minimum Gasteiger partial charge on any atom is -0.497 e. The van der Waals surface area contributed by atoms with E-state index in [1.807, 2.05) is 18.2 Å². The molecule has 0 bridgehead atoms. The van der Waals surface area contributed by atoms with E-state index in [1.165, 1.54) is 17.7 Å². The molecule has 2 aliphatic heterocycles. The van der Waals surface area contributed by atoms with Crippen molar-refractivity contribution < 1.29 is 14.3 Å². The van der Waals surface area contributed by atoms with Crippen molar-refractivity contribution in [1.29, 1.82) is 0 Å². The number of rotatable bonds is 4. The number of carbonyl (C=O) groups excluding carboxylic acids is 2. The molecule has 0 aliphatic carbocycles. The van der Waals surface area contributed by atoms with Gasteiger partial charge in [0.05, 0.1) is 12.7 Å². The van der Waals surface area contributed by atoms with Crippen molar-refractivity contribution in [3.63, 3.8) is 0 Å². The highest BCUT2D eigenvalue weighted by Gasteiger charge is 2.33. The fourth-order valence-electron chi connectivity index (χ4n) is 3.70. The quantitative estimate of drug-likeness (QED) is 0.811. The number of methoxy groups -OCH3 is 1. The number of imide groups is 1. The Hall–Kier alpha value is -2.40. The van der Waals surface area contributed by atoms with Crippen LogP contribution in [0.25, 0.3) is 10.8 Å². The lowest BCUT2D eigenvalue weighted by Crippen LogP contribution is -2.44. The summed E-state index contributed by atoms with van der Waals surface area (Å²) in [5.74, 6) is 0.223. The highest BCUT2D eigenvalue weighted by Crippen LogP contribution is 2.33. The van der Waals surface area contributed by atoms with E-state index in [0.29, 0.717) is 23.4 Å². The van der Waals surface area contributed by atoms with Crippen LogP contribution in [0, 0.1) is 0 Å². The molecule has 124 valence electrons. The normalized spacial score (nSPS) is 17.8. The molecule has 0 N–H and O–H groups in total. The Morgan fingerprint density at radius 3 is 2.50 bits per heavy atom. The van der Waals surface area contributed by atoms with Crippen LogP contribution in [0.1, 0.15) is 33.6 Å². The smallest absolute Gasteiger partial charge is 0.261 e. The number of ether oxygens (including phenoxy) is 1. The van der Waals surface area contributed by atoms with E-state index < -0.39 is 0 Å². The van der Waals surface area contributed by atoms with Gasteiger partial charge in [0.1, 0.15) is 5.75 Å². The minimum atomic E-state index is -0.221. The van der Waals surface area contributed by atoms with Crippen LogP contribution < -0.4 is 4.74 Å². The molecule has 4 rings (SSSR count). The van der Waals surface area contributed by atoms with Crippen LogP contribution in [-0.4, -0.2) is 54.9 Å². The Balaban J connectivity index is 1.73. The zero-order valence-corrected chi connectivity index (χ0v) is 13.7. The van der Waals surface area contributed by atoms with Gasteiger partial charge in [-0.1, -0.05) is 12.1 Å². The molecule has 0 spiro atoms. The van der Waals surface area contributed by atoms with Crippen LogP contribution in [0.2, 0.25) is 0 Å². The second-order valence-electron chi connectivity index (χ2n) is 6.39. The van der Waals surface area contributed by atoms with Gasteiger partial charge in [-0.15, -0.1) is 0 Å². The second-order valence-corrected chi connectivity index (χ2v) is 6.39. The first-order valence-electron chi connectivity index (χ1n) is 8.38. The van der Waals surface area contributed by atoms with E-state index in [0.717, 1.165) is 30.4 Å². The highest BCUT2D eigenvalue weighted by atomic mass is 16.5. The molecule has 5 heteroatoms. The minimum absolute atomic E-state index is 0.192. The largest absolute Gasteiger partial charge is 0.497 e. The Bertz CT molecular complexity index is 825. The summed E-state index contributed by atoms with van der Waals surface area (Å²) in [6, 6.07) is 9.17. The van der Waals surface area contributed by atoms with E-state index >= 15 is 0 Å². The predicted octanol–water partition coefficient (Wildman–Crippen LogP) is 2.54. The van der Waals surface area contributed by atoms with Gasteiger partial charge in [-0.2, -0.15) is 0 Å². The summed E-state index contributed by atoms with van der Waals surface area (Å²) in [6.07, 6.45) is 2.39. The number of hydrogen-bond donors (Lipinski definition) is 0. The molecule has 2 amide bonds. The maximum atomic E-state index is 12.9. The number of carbonyl (C=O) groups is 2. The summed E-state index contributed by atoms with van der Waals surface area (Å²) in [5.41, 5.74) is 1.16. The lowest BCUT2D eigenvalue weighted by molar-refractivity contribution is 0.0596. The topological polar surface area (TPSA) is 49.9 Å². The first-order chi connectivity index (χ1) is 11.7. The fraction of sp³-hybridized carbons (Fsp3) is 0.368. The summed E-state index contributed by atoms with van der Waals surface area (Å²) >= 11 is 0. The highest BCUT2D eigenvalue weighted by molar-refractivity contribution is 6.25. The third-order valence-corrected chi connectivity index (χ3v) is 4.98. The van der Waals surface area contributed by atoms with Gasteiger partial charge >= 0.3 is 0 Å². The molecule has 24 heavy (non-hydrogen) atoms. The van der Waals surface area contributed by atoms with E-state index in [4.69, 9.17) is 4.74 Å². The number of amides is 2. The molecule has 0 aromatic heterocycles. The predicted molar refractivity (Wildman–Crippen MR) is 91.5 cm³/mol. The van der Waals surface area contributed by atoms with E-state index in [1.54, 1.807) is 19.2 Å². The van der Waals surface area contributed by atoms with Gasteiger partial charge in [0.25, 0.3) is 11.8 Å². The monoisotopic (exact) mass is 324 g/mol. The Morgan fingerprint density at radius 1 is 1.00 bits per heavy atom. The molecule has 2 heterocycles. The summed E-state index contributed by atoms with van der Waals surface area (Å²) in [4.78, 5) is 29.4. The van der Waals surface area contributed by atoms with E-state index in [2.05, 4.69) is 4.90 Å². The van der Waals surface area contributed by atoms with E-state index in [-0.39, 0.29) is 11.8 Å². The maximum Gasteiger partial charge on any atom is 0.261 e. The standard InChI is InChI=1S/C19H20N2O3/c1-24-14-11-13-5-4-6-15-17(13)16(12-14)19(23)21(18(15)22)10-9-20-7-2-3-8-20/h4-6,11-12H,2-3,7-10H2,1H3. The third kappa shape index (κ3) is 2.36. The second kappa shape index (κ2) is 5.91. The summed E-state index contributed by atoms with van der Waals surface area (Å²) in [6.45, 7) is 3.28. The number of benzene rings is 2. The molecular formula is C19H20N2O3. The van der Waals surface area contributed by atoms with Crippen molar-refractivity contribution in [2.24, 2.45) is 0 Å². The first-order valence-corrected chi connectivity index (χ1v) is 8.38. The molecule has 0 radical (unpaired) electrons. The van der Waals surface area contributed by atoms with Crippen LogP contribution in [-0.2, 0) is 0 Å². The molecule has 0 unspecified atom stereocenters. The molecule has 0 saturated carbocycles. The molecule has 5 nitrogen and oxygen atoms in total. The lowest BCUT2D eigenvalue weighted by Gasteiger charge is -2.29. The fourth-order valence-corrected chi connectivity index (χ4v) is 3.70. The molecule has 1 saturated heterocycles. The van der Waals surface area contributed by atoms with Crippen molar-refractivity contribution in [3.05, 3.63) is 41.5 Å². The van der Waals surface area contributed by atoms with Gasteiger partial charge in [-0.05, 0) is 49.5 Å². The summed E-state index contributed by atoms with van der Waals surface area (Å²) < 4.78 is 5.32. The van der Waals surface area contributed by atoms with Gasteiger partial charge in [-0.25, -0.2) is 0 Å². The molecule has 2 aliphatic rings. The van der Waals surface area contributed by atoms with Crippen LogP contribution in [0.4, 0.5) is 0 Å². The lowest BCUT2D eigenvalue weighted by atomic mass is 9.93. The Kier molecular flexibility index (Phi) is 3.73. The Labute approximate surface area is 140 Å². The van der Waals surface area contributed by atoms with Crippen molar-refractivity contribution >= 4 is 22.6 Å². The van der Waals surface area contributed by atoms with Gasteiger partial charge < -0.3 is 9.64 Å². The van der Waals surface area contributed by atoms with Gasteiger partial charge in [0, 0.05) is 24.0 Å². The van der Waals surface area contributed by atoms with Crippen LogP contribution in [0.3, 0.4) is 0 Å². The van der Waals surface area contributed by atoms with Crippen molar-refractivity contribution in [1.82, 2.24) is 9.80 Å². The summed E-state index contributed by atoms with van der Waals surface area (Å²) in [5, 5.41) is 1.61. The first kappa shape index (κ1) is 15.1.